The first-order valence-corrected chi connectivity index (χ1v) is 10.0. The number of amides is 2. The molecule has 0 radical (unpaired) electrons. The van der Waals surface area contributed by atoms with E-state index in [9.17, 15) is 9.59 Å². The van der Waals surface area contributed by atoms with E-state index in [-0.39, 0.29) is 17.9 Å². The van der Waals surface area contributed by atoms with Crippen LogP contribution in [0.4, 0.5) is 5.69 Å². The summed E-state index contributed by atoms with van der Waals surface area (Å²) in [5.41, 5.74) is 2.10. The van der Waals surface area contributed by atoms with Crippen LogP contribution in [-0.2, 0) is 11.3 Å². The summed E-state index contributed by atoms with van der Waals surface area (Å²) < 4.78 is 11.1. The molecule has 1 aliphatic heterocycles. The van der Waals surface area contributed by atoms with Gasteiger partial charge >= 0.3 is 0 Å². The molecule has 0 aliphatic carbocycles. The third-order valence-electron chi connectivity index (χ3n) is 5.33. The van der Waals surface area contributed by atoms with Crippen LogP contribution >= 0.6 is 0 Å². The lowest BCUT2D eigenvalue weighted by Gasteiger charge is -2.28. The third kappa shape index (κ3) is 4.53. The molecule has 0 fully saturated rings. The molecule has 2 atom stereocenters. The van der Waals surface area contributed by atoms with Gasteiger partial charge < -0.3 is 19.7 Å². The number of fused-ring (bicyclic) bond motifs is 1. The minimum atomic E-state index is -0.481. The lowest BCUT2D eigenvalue weighted by molar-refractivity contribution is -0.140. The van der Waals surface area contributed by atoms with Gasteiger partial charge in [-0.1, -0.05) is 13.8 Å². The highest BCUT2D eigenvalue weighted by Gasteiger charge is 2.32. The zero-order valence-electron chi connectivity index (χ0n) is 17.4. The summed E-state index contributed by atoms with van der Waals surface area (Å²) >= 11 is 0. The molecule has 0 unspecified atom stereocenters. The van der Waals surface area contributed by atoms with Gasteiger partial charge in [-0.05, 0) is 62.2 Å². The predicted molar refractivity (Wildman–Crippen MR) is 112 cm³/mol. The molecule has 0 spiro atoms. The average Bonchev–Trinajstić information content (AvgIpc) is 2.89. The Balaban J connectivity index is 1.83. The van der Waals surface area contributed by atoms with Crippen molar-refractivity contribution in [1.29, 1.82) is 0 Å². The maximum Gasteiger partial charge on any atom is 0.264 e. The van der Waals surface area contributed by atoms with Crippen LogP contribution in [0.1, 0.15) is 49.5 Å². The summed E-state index contributed by atoms with van der Waals surface area (Å²) in [6.45, 7) is 6.53. The van der Waals surface area contributed by atoms with Crippen LogP contribution in [-0.4, -0.2) is 36.0 Å². The number of anilines is 1. The first-order chi connectivity index (χ1) is 14.0. The van der Waals surface area contributed by atoms with Crippen LogP contribution in [0.25, 0.3) is 0 Å². The Morgan fingerprint density at radius 3 is 2.59 bits per heavy atom. The Hall–Kier alpha value is -3.02. The maximum absolute atomic E-state index is 12.9. The van der Waals surface area contributed by atoms with Gasteiger partial charge in [-0.25, -0.2) is 0 Å². The molecule has 6 heteroatoms. The van der Waals surface area contributed by atoms with Crippen molar-refractivity contribution in [2.75, 3.05) is 12.4 Å². The fraction of sp³-hybridized carbons (Fsp3) is 0.391. The van der Waals surface area contributed by atoms with Gasteiger partial charge in [0.1, 0.15) is 11.5 Å². The van der Waals surface area contributed by atoms with Crippen molar-refractivity contribution < 1.29 is 19.1 Å². The molecule has 2 aromatic carbocycles. The van der Waals surface area contributed by atoms with Gasteiger partial charge in [0.25, 0.3) is 11.8 Å². The zero-order valence-corrected chi connectivity index (χ0v) is 17.4. The number of carbonyl (C=O) groups excluding carboxylic acids is 2. The van der Waals surface area contributed by atoms with Crippen LogP contribution < -0.4 is 14.8 Å². The summed E-state index contributed by atoms with van der Waals surface area (Å²) in [7, 11) is 1.59. The van der Waals surface area contributed by atoms with Gasteiger partial charge in [0.2, 0.25) is 0 Å². The molecule has 1 aliphatic rings. The molecule has 0 bridgehead atoms. The van der Waals surface area contributed by atoms with Crippen molar-refractivity contribution in [3.63, 3.8) is 0 Å². The molecular formula is C23H28N2O4. The van der Waals surface area contributed by atoms with E-state index in [1.807, 2.05) is 30.9 Å². The first-order valence-electron chi connectivity index (χ1n) is 10.0. The van der Waals surface area contributed by atoms with Crippen LogP contribution in [0, 0.1) is 0 Å². The van der Waals surface area contributed by atoms with E-state index in [4.69, 9.17) is 9.47 Å². The van der Waals surface area contributed by atoms with E-state index in [2.05, 4.69) is 12.2 Å². The second kappa shape index (κ2) is 8.99. The molecular weight excluding hydrogens is 368 g/mol. The lowest BCUT2D eigenvalue weighted by atomic mass is 10.1. The van der Waals surface area contributed by atoms with E-state index >= 15 is 0 Å². The molecule has 2 amide bonds. The topological polar surface area (TPSA) is 67.9 Å². The molecule has 0 aromatic heterocycles. The Kier molecular flexibility index (Phi) is 6.42. The molecule has 2 aromatic rings. The molecule has 154 valence electrons. The number of methoxy groups -OCH3 is 1. The Morgan fingerprint density at radius 1 is 1.24 bits per heavy atom. The summed E-state index contributed by atoms with van der Waals surface area (Å²) in [5.74, 6) is 1.20. The SMILES string of the molecule is CC[C@@H]1Oc2ccc(NC(=O)c3ccc(OC)cc3)cc2CN([C@@H](C)CC)C1=O. The Morgan fingerprint density at radius 2 is 1.97 bits per heavy atom. The number of ether oxygens (including phenoxy) is 2. The van der Waals surface area contributed by atoms with Gasteiger partial charge in [0.05, 0.1) is 7.11 Å². The number of hydrogen-bond donors (Lipinski definition) is 1. The quantitative estimate of drug-likeness (QED) is 0.793. The predicted octanol–water partition coefficient (Wildman–Crippen LogP) is 4.25. The minimum Gasteiger partial charge on any atom is -0.497 e. The normalized spacial score (nSPS) is 17.0. The molecule has 6 nitrogen and oxygen atoms in total. The smallest absolute Gasteiger partial charge is 0.264 e. The van der Waals surface area contributed by atoms with Gasteiger partial charge in [0, 0.05) is 29.4 Å². The van der Waals surface area contributed by atoms with Gasteiger partial charge in [-0.2, -0.15) is 0 Å². The van der Waals surface area contributed by atoms with Gasteiger partial charge in [-0.3, -0.25) is 9.59 Å². The second-order valence-electron chi connectivity index (χ2n) is 7.24. The van der Waals surface area contributed by atoms with Crippen molar-refractivity contribution in [1.82, 2.24) is 4.90 Å². The third-order valence-corrected chi connectivity index (χ3v) is 5.33. The molecule has 1 N–H and O–H groups in total. The van der Waals surface area contributed by atoms with Crippen LogP contribution in [0.5, 0.6) is 11.5 Å². The number of nitrogens with one attached hydrogen (secondary N) is 1. The van der Waals surface area contributed by atoms with E-state index in [0.717, 1.165) is 12.0 Å². The highest BCUT2D eigenvalue weighted by Crippen LogP contribution is 2.31. The number of carbonyl (C=O) groups is 2. The largest absolute Gasteiger partial charge is 0.497 e. The molecule has 0 saturated carbocycles. The van der Waals surface area contributed by atoms with Crippen molar-refractivity contribution in [3.8, 4) is 11.5 Å². The maximum atomic E-state index is 12.9. The average molecular weight is 396 g/mol. The Labute approximate surface area is 171 Å². The van der Waals surface area contributed by atoms with Crippen molar-refractivity contribution in [2.24, 2.45) is 0 Å². The standard InChI is InChI=1S/C23H28N2O4/c1-5-15(3)25-14-17-13-18(9-12-21(17)29-20(6-2)23(25)27)24-22(26)16-7-10-19(28-4)11-8-16/h7-13,15,20H,5-6,14H2,1-4H3,(H,24,26)/t15-,20-/m0/s1. The molecule has 3 rings (SSSR count). The molecule has 0 saturated heterocycles. The first kappa shape index (κ1) is 20.7. The summed E-state index contributed by atoms with van der Waals surface area (Å²) in [4.78, 5) is 27.3. The van der Waals surface area contributed by atoms with E-state index in [1.165, 1.54) is 0 Å². The van der Waals surface area contributed by atoms with E-state index in [0.29, 0.717) is 35.7 Å². The number of hydrogen-bond acceptors (Lipinski definition) is 4. The second-order valence-corrected chi connectivity index (χ2v) is 7.24. The van der Waals surface area contributed by atoms with Crippen LogP contribution in [0.15, 0.2) is 42.5 Å². The van der Waals surface area contributed by atoms with Crippen LogP contribution in [0.2, 0.25) is 0 Å². The number of nitrogens with zero attached hydrogens (tertiary/aromatic N) is 1. The fourth-order valence-corrected chi connectivity index (χ4v) is 3.34. The van der Waals surface area contributed by atoms with Crippen molar-refractivity contribution in [3.05, 3.63) is 53.6 Å². The van der Waals surface area contributed by atoms with Crippen molar-refractivity contribution >= 4 is 17.5 Å². The summed E-state index contributed by atoms with van der Waals surface area (Å²) in [6.07, 6.45) is 0.997. The fourth-order valence-electron chi connectivity index (χ4n) is 3.34. The lowest BCUT2D eigenvalue weighted by Crippen LogP contribution is -2.43. The van der Waals surface area contributed by atoms with Crippen molar-refractivity contribution in [2.45, 2.75) is 52.3 Å². The summed E-state index contributed by atoms with van der Waals surface area (Å²) in [5, 5.41) is 2.92. The highest BCUT2D eigenvalue weighted by atomic mass is 16.5. The van der Waals surface area contributed by atoms with E-state index < -0.39 is 6.10 Å². The number of benzene rings is 2. The Bertz CT molecular complexity index is 879. The summed E-state index contributed by atoms with van der Waals surface area (Å²) in [6, 6.07) is 12.6. The molecule has 1 heterocycles. The van der Waals surface area contributed by atoms with E-state index in [1.54, 1.807) is 37.4 Å². The highest BCUT2D eigenvalue weighted by molar-refractivity contribution is 6.04. The van der Waals surface area contributed by atoms with Gasteiger partial charge in [0.15, 0.2) is 6.10 Å². The van der Waals surface area contributed by atoms with Crippen LogP contribution in [0.3, 0.4) is 0 Å². The van der Waals surface area contributed by atoms with Gasteiger partial charge in [-0.15, -0.1) is 0 Å². The molecule has 29 heavy (non-hydrogen) atoms. The number of rotatable bonds is 6. The zero-order chi connectivity index (χ0) is 21.0. The monoisotopic (exact) mass is 396 g/mol. The minimum absolute atomic E-state index is 0.0156.